The average molecular weight is 276 g/mol. The lowest BCUT2D eigenvalue weighted by Gasteiger charge is -2.28. The van der Waals surface area contributed by atoms with Crippen molar-refractivity contribution in [1.82, 2.24) is 5.32 Å². The highest BCUT2D eigenvalue weighted by Gasteiger charge is 2.24. The highest BCUT2D eigenvalue weighted by Crippen LogP contribution is 2.25. The lowest BCUT2D eigenvalue weighted by Crippen LogP contribution is -2.37. The molecule has 0 aliphatic heterocycles. The normalized spacial score (nSPS) is 22.3. The Balaban J connectivity index is 1.82. The summed E-state index contributed by atoms with van der Waals surface area (Å²) >= 11 is 0. The van der Waals surface area contributed by atoms with Crippen molar-refractivity contribution >= 4 is 5.91 Å². The number of hydrogen-bond donors (Lipinski definition) is 2. The fraction of sp³-hybridized carbons (Fsp3) is 0.562. The van der Waals surface area contributed by atoms with Gasteiger partial charge in [-0.3, -0.25) is 4.79 Å². The van der Waals surface area contributed by atoms with Gasteiger partial charge in [0.2, 0.25) is 5.91 Å². The molecule has 4 nitrogen and oxygen atoms in total. The van der Waals surface area contributed by atoms with Crippen molar-refractivity contribution in [3.8, 4) is 5.75 Å². The van der Waals surface area contributed by atoms with Crippen LogP contribution in [0.25, 0.3) is 0 Å². The van der Waals surface area contributed by atoms with E-state index in [0.717, 1.165) is 24.2 Å². The lowest BCUT2D eigenvalue weighted by atomic mass is 9.83. The summed E-state index contributed by atoms with van der Waals surface area (Å²) in [6, 6.07) is 7.91. The maximum Gasteiger partial charge on any atom is 0.220 e. The zero-order valence-electron chi connectivity index (χ0n) is 12.1. The van der Waals surface area contributed by atoms with Crippen molar-refractivity contribution in [2.24, 2.45) is 11.7 Å². The molecule has 2 unspecified atom stereocenters. The van der Waals surface area contributed by atoms with Gasteiger partial charge < -0.3 is 15.8 Å². The van der Waals surface area contributed by atoms with Crippen LogP contribution in [-0.2, 0) is 11.3 Å². The molecule has 2 atom stereocenters. The largest absolute Gasteiger partial charge is 0.496 e. The van der Waals surface area contributed by atoms with Gasteiger partial charge in [0.1, 0.15) is 5.75 Å². The standard InChI is InChI=1S/C16H24N2O2/c1-20-15-9-5-3-7-13(15)11-18-16(19)10-12-6-2-4-8-14(12)17/h3,5,7,9,12,14H,2,4,6,8,10-11,17H2,1H3,(H,18,19). The zero-order valence-corrected chi connectivity index (χ0v) is 12.1. The fourth-order valence-corrected chi connectivity index (χ4v) is 2.84. The highest BCUT2D eigenvalue weighted by molar-refractivity contribution is 5.76. The van der Waals surface area contributed by atoms with E-state index in [2.05, 4.69) is 5.32 Å². The van der Waals surface area contributed by atoms with E-state index in [-0.39, 0.29) is 11.9 Å². The Morgan fingerprint density at radius 1 is 1.35 bits per heavy atom. The summed E-state index contributed by atoms with van der Waals surface area (Å²) in [5.41, 5.74) is 7.08. The molecule has 0 bridgehead atoms. The van der Waals surface area contributed by atoms with Gasteiger partial charge in [0.15, 0.2) is 0 Å². The van der Waals surface area contributed by atoms with E-state index in [9.17, 15) is 4.79 Å². The smallest absolute Gasteiger partial charge is 0.220 e. The minimum Gasteiger partial charge on any atom is -0.496 e. The Bertz CT molecular complexity index is 448. The van der Waals surface area contributed by atoms with Crippen molar-refractivity contribution in [3.63, 3.8) is 0 Å². The summed E-state index contributed by atoms with van der Waals surface area (Å²) in [6.07, 6.45) is 5.04. The summed E-state index contributed by atoms with van der Waals surface area (Å²) in [5.74, 6) is 1.22. The molecular weight excluding hydrogens is 252 g/mol. The van der Waals surface area contributed by atoms with Crippen LogP contribution in [0, 0.1) is 5.92 Å². The quantitative estimate of drug-likeness (QED) is 0.866. The second-order valence-electron chi connectivity index (χ2n) is 5.50. The van der Waals surface area contributed by atoms with Gasteiger partial charge in [-0.15, -0.1) is 0 Å². The van der Waals surface area contributed by atoms with Crippen LogP contribution in [0.2, 0.25) is 0 Å². The van der Waals surface area contributed by atoms with Gasteiger partial charge in [-0.05, 0) is 24.8 Å². The molecule has 1 aromatic carbocycles. The molecule has 3 N–H and O–H groups in total. The van der Waals surface area contributed by atoms with E-state index in [0.29, 0.717) is 18.9 Å². The number of ether oxygens (including phenoxy) is 1. The number of rotatable bonds is 5. The molecule has 0 spiro atoms. The first-order valence-corrected chi connectivity index (χ1v) is 7.35. The molecule has 1 aromatic rings. The minimum absolute atomic E-state index is 0.0817. The third kappa shape index (κ3) is 3.97. The predicted molar refractivity (Wildman–Crippen MR) is 79.4 cm³/mol. The maximum atomic E-state index is 12.0. The molecule has 20 heavy (non-hydrogen) atoms. The Kier molecular flexibility index (Phi) is 5.41. The van der Waals surface area contributed by atoms with Crippen LogP contribution in [0.3, 0.4) is 0 Å². The number of hydrogen-bond acceptors (Lipinski definition) is 3. The molecule has 2 rings (SSSR count). The van der Waals surface area contributed by atoms with E-state index in [1.165, 1.54) is 12.8 Å². The van der Waals surface area contributed by atoms with Gasteiger partial charge in [0, 0.05) is 24.6 Å². The second-order valence-corrected chi connectivity index (χ2v) is 5.50. The maximum absolute atomic E-state index is 12.0. The monoisotopic (exact) mass is 276 g/mol. The van der Waals surface area contributed by atoms with Gasteiger partial charge in [-0.25, -0.2) is 0 Å². The number of methoxy groups -OCH3 is 1. The number of carbonyl (C=O) groups is 1. The molecule has 1 amide bonds. The molecule has 0 aromatic heterocycles. The van der Waals surface area contributed by atoms with Gasteiger partial charge in [0.05, 0.1) is 7.11 Å². The molecule has 4 heteroatoms. The molecule has 0 saturated heterocycles. The molecule has 1 aliphatic rings. The second kappa shape index (κ2) is 7.29. The number of benzene rings is 1. The molecule has 110 valence electrons. The highest BCUT2D eigenvalue weighted by atomic mass is 16.5. The van der Waals surface area contributed by atoms with E-state index in [1.807, 2.05) is 24.3 Å². The third-order valence-corrected chi connectivity index (χ3v) is 4.08. The van der Waals surface area contributed by atoms with Crippen LogP contribution in [-0.4, -0.2) is 19.1 Å². The van der Waals surface area contributed by atoms with Crippen molar-refractivity contribution < 1.29 is 9.53 Å². The number of nitrogens with two attached hydrogens (primary N) is 1. The zero-order chi connectivity index (χ0) is 14.4. The molecule has 1 fully saturated rings. The van der Waals surface area contributed by atoms with Gasteiger partial charge >= 0.3 is 0 Å². The first-order chi connectivity index (χ1) is 9.70. The van der Waals surface area contributed by atoms with Gasteiger partial charge in [0.25, 0.3) is 0 Å². The predicted octanol–water partition coefficient (Wildman–Crippen LogP) is 2.22. The summed E-state index contributed by atoms with van der Waals surface area (Å²) in [5, 5.41) is 2.97. The van der Waals surface area contributed by atoms with Gasteiger partial charge in [-0.1, -0.05) is 31.0 Å². The molecule has 0 heterocycles. The van der Waals surface area contributed by atoms with Gasteiger partial charge in [-0.2, -0.15) is 0 Å². The number of nitrogens with one attached hydrogen (secondary N) is 1. The van der Waals surface area contributed by atoms with E-state index < -0.39 is 0 Å². The van der Waals surface area contributed by atoms with Crippen LogP contribution in [0.15, 0.2) is 24.3 Å². The average Bonchev–Trinajstić information content (AvgIpc) is 2.48. The molecular formula is C16H24N2O2. The first kappa shape index (κ1) is 14.9. The van der Waals surface area contributed by atoms with Crippen LogP contribution in [0.1, 0.15) is 37.7 Å². The Morgan fingerprint density at radius 2 is 2.10 bits per heavy atom. The molecule has 0 radical (unpaired) electrons. The van der Waals surface area contributed by atoms with E-state index in [4.69, 9.17) is 10.5 Å². The Morgan fingerprint density at radius 3 is 2.85 bits per heavy atom. The van der Waals surface area contributed by atoms with Crippen molar-refractivity contribution in [1.29, 1.82) is 0 Å². The van der Waals surface area contributed by atoms with Crippen LogP contribution in [0.5, 0.6) is 5.75 Å². The fourth-order valence-electron chi connectivity index (χ4n) is 2.84. The topological polar surface area (TPSA) is 64.3 Å². The molecule has 1 aliphatic carbocycles. The Labute approximate surface area is 120 Å². The first-order valence-electron chi connectivity index (χ1n) is 7.35. The van der Waals surface area contributed by atoms with Crippen LogP contribution in [0.4, 0.5) is 0 Å². The van der Waals surface area contributed by atoms with E-state index in [1.54, 1.807) is 7.11 Å². The lowest BCUT2D eigenvalue weighted by molar-refractivity contribution is -0.122. The van der Waals surface area contributed by atoms with Crippen LogP contribution < -0.4 is 15.8 Å². The number of para-hydroxylation sites is 1. The summed E-state index contributed by atoms with van der Waals surface area (Å²) < 4.78 is 5.27. The third-order valence-electron chi connectivity index (χ3n) is 4.08. The van der Waals surface area contributed by atoms with E-state index >= 15 is 0 Å². The minimum atomic E-state index is 0.0817. The Hall–Kier alpha value is -1.55. The van der Waals surface area contributed by atoms with Crippen molar-refractivity contribution in [2.75, 3.05) is 7.11 Å². The summed E-state index contributed by atoms with van der Waals surface area (Å²) in [4.78, 5) is 12.0. The van der Waals surface area contributed by atoms with Crippen molar-refractivity contribution in [3.05, 3.63) is 29.8 Å². The summed E-state index contributed by atoms with van der Waals surface area (Å²) in [6.45, 7) is 0.505. The van der Waals surface area contributed by atoms with Crippen molar-refractivity contribution in [2.45, 2.75) is 44.7 Å². The SMILES string of the molecule is COc1ccccc1CNC(=O)CC1CCCCC1N. The van der Waals surface area contributed by atoms with Crippen LogP contribution >= 0.6 is 0 Å². The summed E-state index contributed by atoms with van der Waals surface area (Å²) in [7, 11) is 1.64. The molecule has 1 saturated carbocycles. The number of carbonyl (C=O) groups excluding carboxylic acids is 1. The number of amides is 1.